The minimum Gasteiger partial charge on any atom is -0.488 e. The molecule has 0 bridgehead atoms. The second-order valence-corrected chi connectivity index (χ2v) is 6.77. The standard InChI is InChI=1S/C19H19Cl2N3O2/c1-12(22-2)9-18-23-19(26-24-18)15-5-3-4-6-17(15)25-11-13-7-8-14(20)10-16(13)21/h3-8,10,12,22H,9,11H2,1-2H3. The van der Waals surface area contributed by atoms with E-state index in [1.165, 1.54) is 0 Å². The van der Waals surface area contributed by atoms with Gasteiger partial charge in [0.25, 0.3) is 5.89 Å². The maximum Gasteiger partial charge on any atom is 0.261 e. The summed E-state index contributed by atoms with van der Waals surface area (Å²) in [6.07, 6.45) is 0.684. The summed E-state index contributed by atoms with van der Waals surface area (Å²) in [7, 11) is 1.90. The van der Waals surface area contributed by atoms with Crippen LogP contribution in [-0.2, 0) is 13.0 Å². The van der Waals surface area contributed by atoms with Crippen molar-refractivity contribution in [3.8, 4) is 17.2 Å². The van der Waals surface area contributed by atoms with Crippen LogP contribution in [0.1, 0.15) is 18.3 Å². The Bertz CT molecular complexity index is 883. The van der Waals surface area contributed by atoms with Gasteiger partial charge in [-0.1, -0.05) is 46.6 Å². The van der Waals surface area contributed by atoms with Crippen molar-refractivity contribution in [2.24, 2.45) is 0 Å². The van der Waals surface area contributed by atoms with Gasteiger partial charge in [-0.25, -0.2) is 0 Å². The van der Waals surface area contributed by atoms with Crippen molar-refractivity contribution in [3.05, 3.63) is 63.9 Å². The molecule has 1 aromatic heterocycles. The molecule has 0 saturated heterocycles. The van der Waals surface area contributed by atoms with Crippen LogP contribution in [0.15, 0.2) is 47.0 Å². The van der Waals surface area contributed by atoms with Gasteiger partial charge in [0.1, 0.15) is 12.4 Å². The van der Waals surface area contributed by atoms with Crippen LogP contribution in [0.4, 0.5) is 0 Å². The molecule has 0 saturated carbocycles. The van der Waals surface area contributed by atoms with Gasteiger partial charge in [-0.15, -0.1) is 0 Å². The molecule has 0 spiro atoms. The quantitative estimate of drug-likeness (QED) is 0.628. The van der Waals surface area contributed by atoms with Gasteiger partial charge in [-0.05, 0) is 38.2 Å². The number of likely N-dealkylation sites (N-methyl/N-ethyl adjacent to an activating group) is 1. The Morgan fingerprint density at radius 3 is 2.77 bits per heavy atom. The highest BCUT2D eigenvalue weighted by Crippen LogP contribution is 2.30. The van der Waals surface area contributed by atoms with Gasteiger partial charge in [0, 0.05) is 28.1 Å². The second-order valence-electron chi connectivity index (χ2n) is 5.93. The monoisotopic (exact) mass is 391 g/mol. The minimum absolute atomic E-state index is 0.263. The first-order valence-corrected chi connectivity index (χ1v) is 8.98. The van der Waals surface area contributed by atoms with E-state index in [1.807, 2.05) is 37.4 Å². The third-order valence-corrected chi connectivity index (χ3v) is 4.55. The van der Waals surface area contributed by atoms with Crippen LogP contribution in [0.25, 0.3) is 11.5 Å². The fraction of sp³-hybridized carbons (Fsp3) is 0.263. The molecular weight excluding hydrogens is 373 g/mol. The van der Waals surface area contributed by atoms with Crippen molar-refractivity contribution < 1.29 is 9.26 Å². The molecule has 0 radical (unpaired) electrons. The molecule has 1 heterocycles. The molecule has 0 aliphatic carbocycles. The zero-order valence-corrected chi connectivity index (χ0v) is 16.0. The average Bonchev–Trinajstić information content (AvgIpc) is 3.09. The van der Waals surface area contributed by atoms with Gasteiger partial charge in [-0.3, -0.25) is 0 Å². The van der Waals surface area contributed by atoms with Crippen LogP contribution in [0.5, 0.6) is 5.75 Å². The van der Waals surface area contributed by atoms with Crippen molar-refractivity contribution in [2.45, 2.75) is 26.0 Å². The third kappa shape index (κ3) is 4.55. The minimum atomic E-state index is 0.263. The van der Waals surface area contributed by atoms with E-state index in [1.54, 1.807) is 12.1 Å². The number of ether oxygens (including phenoxy) is 1. The molecule has 0 aliphatic rings. The Kier molecular flexibility index (Phi) is 6.14. The highest BCUT2D eigenvalue weighted by atomic mass is 35.5. The SMILES string of the molecule is CNC(C)Cc1noc(-c2ccccc2OCc2ccc(Cl)cc2Cl)n1. The first kappa shape index (κ1) is 18.7. The van der Waals surface area contributed by atoms with Crippen molar-refractivity contribution in [1.82, 2.24) is 15.5 Å². The number of nitrogens with zero attached hydrogens (tertiary/aromatic N) is 2. The second kappa shape index (κ2) is 8.54. The molecule has 7 heteroatoms. The van der Waals surface area contributed by atoms with E-state index in [2.05, 4.69) is 22.4 Å². The Hall–Kier alpha value is -2.08. The summed E-state index contributed by atoms with van der Waals surface area (Å²) < 4.78 is 11.4. The number of aromatic nitrogens is 2. The third-order valence-electron chi connectivity index (χ3n) is 3.97. The molecule has 2 aromatic carbocycles. The molecule has 1 atom stereocenters. The molecular formula is C19H19Cl2N3O2. The molecule has 1 N–H and O–H groups in total. The van der Waals surface area contributed by atoms with Gasteiger partial charge in [-0.2, -0.15) is 4.98 Å². The van der Waals surface area contributed by atoms with Gasteiger partial charge in [0.2, 0.25) is 0 Å². The first-order valence-electron chi connectivity index (χ1n) is 8.23. The topological polar surface area (TPSA) is 60.2 Å². The van der Waals surface area contributed by atoms with Crippen LogP contribution in [0.3, 0.4) is 0 Å². The summed E-state index contributed by atoms with van der Waals surface area (Å²) in [6.45, 7) is 2.37. The van der Waals surface area contributed by atoms with Crippen LogP contribution < -0.4 is 10.1 Å². The number of para-hydroxylation sites is 1. The number of hydrogen-bond acceptors (Lipinski definition) is 5. The summed E-state index contributed by atoms with van der Waals surface area (Å²) in [5, 5.41) is 8.36. The Morgan fingerprint density at radius 1 is 1.19 bits per heavy atom. The summed E-state index contributed by atoms with van der Waals surface area (Å²) in [4.78, 5) is 4.47. The first-order chi connectivity index (χ1) is 12.6. The van der Waals surface area contributed by atoms with Crippen LogP contribution in [-0.4, -0.2) is 23.2 Å². The lowest BCUT2D eigenvalue weighted by molar-refractivity contribution is 0.306. The molecule has 0 aliphatic heterocycles. The van der Waals surface area contributed by atoms with Crippen molar-refractivity contribution in [1.29, 1.82) is 0 Å². The van der Waals surface area contributed by atoms with E-state index < -0.39 is 0 Å². The Labute approximate surface area is 162 Å². The molecule has 3 rings (SSSR count). The fourth-order valence-corrected chi connectivity index (χ4v) is 2.85. The lowest BCUT2D eigenvalue weighted by Gasteiger charge is -2.10. The van der Waals surface area contributed by atoms with E-state index in [-0.39, 0.29) is 6.04 Å². The van der Waals surface area contributed by atoms with E-state index in [4.69, 9.17) is 32.5 Å². The summed E-state index contributed by atoms with van der Waals surface area (Å²) in [6, 6.07) is 13.1. The normalized spacial score (nSPS) is 12.2. The van der Waals surface area contributed by atoms with E-state index in [9.17, 15) is 0 Å². The lowest BCUT2D eigenvalue weighted by atomic mass is 10.2. The zero-order chi connectivity index (χ0) is 18.5. The molecule has 1 unspecified atom stereocenters. The Morgan fingerprint density at radius 2 is 2.00 bits per heavy atom. The molecule has 0 amide bonds. The number of halogens is 2. The number of rotatable bonds is 7. The van der Waals surface area contributed by atoms with Crippen LogP contribution in [0.2, 0.25) is 10.0 Å². The molecule has 26 heavy (non-hydrogen) atoms. The van der Waals surface area contributed by atoms with Crippen molar-refractivity contribution in [2.75, 3.05) is 7.05 Å². The smallest absolute Gasteiger partial charge is 0.261 e. The highest BCUT2D eigenvalue weighted by molar-refractivity contribution is 6.35. The average molecular weight is 392 g/mol. The zero-order valence-electron chi connectivity index (χ0n) is 14.5. The molecule has 0 fully saturated rings. The van der Waals surface area contributed by atoms with Gasteiger partial charge in [0.05, 0.1) is 5.56 Å². The maximum absolute atomic E-state index is 6.21. The van der Waals surface area contributed by atoms with E-state index in [0.29, 0.717) is 40.5 Å². The van der Waals surface area contributed by atoms with Gasteiger partial charge < -0.3 is 14.6 Å². The van der Waals surface area contributed by atoms with Crippen molar-refractivity contribution in [3.63, 3.8) is 0 Å². The van der Waals surface area contributed by atoms with E-state index >= 15 is 0 Å². The lowest BCUT2D eigenvalue weighted by Crippen LogP contribution is -2.24. The number of hydrogen-bond donors (Lipinski definition) is 1. The fourth-order valence-electron chi connectivity index (χ4n) is 2.39. The predicted molar refractivity (Wildman–Crippen MR) is 103 cm³/mol. The van der Waals surface area contributed by atoms with Crippen LogP contribution >= 0.6 is 23.2 Å². The van der Waals surface area contributed by atoms with Gasteiger partial charge >= 0.3 is 0 Å². The summed E-state index contributed by atoms with van der Waals surface area (Å²) in [5.74, 6) is 1.73. The molecule has 5 nitrogen and oxygen atoms in total. The van der Waals surface area contributed by atoms with Crippen LogP contribution in [0, 0.1) is 0 Å². The predicted octanol–water partition coefficient (Wildman–Crippen LogP) is 4.77. The highest BCUT2D eigenvalue weighted by Gasteiger charge is 2.15. The summed E-state index contributed by atoms with van der Waals surface area (Å²) >= 11 is 12.1. The largest absolute Gasteiger partial charge is 0.488 e. The number of nitrogens with one attached hydrogen (secondary N) is 1. The van der Waals surface area contributed by atoms with Crippen molar-refractivity contribution >= 4 is 23.2 Å². The number of benzene rings is 2. The van der Waals surface area contributed by atoms with E-state index in [0.717, 1.165) is 11.1 Å². The van der Waals surface area contributed by atoms with Gasteiger partial charge in [0.15, 0.2) is 5.82 Å². The Balaban J connectivity index is 1.78. The maximum atomic E-state index is 6.21. The molecule has 3 aromatic rings. The summed E-state index contributed by atoms with van der Waals surface area (Å²) in [5.41, 5.74) is 1.59. The molecule has 136 valence electrons.